The number of phenolic OH excluding ortho intramolecular Hbond substituents is 1. The third kappa shape index (κ3) is 4.81. The third-order valence-corrected chi connectivity index (χ3v) is 0.756. The van der Waals surface area contributed by atoms with Crippen molar-refractivity contribution in [1.29, 1.82) is 0 Å². The van der Waals surface area contributed by atoms with E-state index >= 15 is 0 Å². The second kappa shape index (κ2) is 6.45. The van der Waals surface area contributed by atoms with Crippen LogP contribution in [-0.4, -0.2) is 5.11 Å². The summed E-state index contributed by atoms with van der Waals surface area (Å²) in [5.74, 6) is 0.322. The molecular formula is C6H9OPZr. The average Bonchev–Trinajstić information content (AvgIpc) is 1.69. The number of phenols is 1. The molecule has 0 radical (unpaired) electrons. The molecule has 1 unspecified atom stereocenters. The molecule has 1 N–H and O–H groups in total. The van der Waals surface area contributed by atoms with Crippen LogP contribution < -0.4 is 0 Å². The minimum Gasteiger partial charge on any atom is -0.508 e. The zero-order valence-corrected chi connectivity index (χ0v) is 8.91. The first-order valence-corrected chi connectivity index (χ1v) is 2.13. The number of para-hydroxylation sites is 1. The minimum atomic E-state index is 0. The average molecular weight is 219 g/mol. The van der Waals surface area contributed by atoms with E-state index in [2.05, 4.69) is 0 Å². The van der Waals surface area contributed by atoms with Gasteiger partial charge in [0.05, 0.1) is 0 Å². The van der Waals surface area contributed by atoms with Crippen molar-refractivity contribution in [2.24, 2.45) is 0 Å². The van der Waals surface area contributed by atoms with Crippen LogP contribution in [0.4, 0.5) is 0 Å². The number of hydrogen-bond acceptors (Lipinski definition) is 1. The van der Waals surface area contributed by atoms with Gasteiger partial charge in [0.1, 0.15) is 5.75 Å². The van der Waals surface area contributed by atoms with Crippen molar-refractivity contribution in [3.8, 4) is 5.75 Å². The monoisotopic (exact) mass is 218 g/mol. The largest absolute Gasteiger partial charge is 0.508 e. The van der Waals surface area contributed by atoms with Gasteiger partial charge in [0.15, 0.2) is 0 Å². The Balaban J connectivity index is 0. The molecule has 0 saturated heterocycles. The second-order valence-corrected chi connectivity index (χ2v) is 1.34. The quantitative estimate of drug-likeness (QED) is 0.655. The molecular weight excluding hydrogens is 210 g/mol. The second-order valence-electron chi connectivity index (χ2n) is 1.34. The van der Waals surface area contributed by atoms with Crippen LogP contribution in [0.5, 0.6) is 5.75 Å². The van der Waals surface area contributed by atoms with Gasteiger partial charge >= 0.3 is 0 Å². The van der Waals surface area contributed by atoms with Gasteiger partial charge in [-0.25, -0.2) is 0 Å². The van der Waals surface area contributed by atoms with Crippen molar-refractivity contribution in [1.82, 2.24) is 0 Å². The summed E-state index contributed by atoms with van der Waals surface area (Å²) in [5.41, 5.74) is 0. The van der Waals surface area contributed by atoms with Crippen LogP contribution >= 0.6 is 9.90 Å². The Labute approximate surface area is 77.2 Å². The molecule has 1 rings (SSSR count). The zero-order valence-electron chi connectivity index (χ0n) is 5.04. The Kier molecular flexibility index (Phi) is 8.64. The van der Waals surface area contributed by atoms with Gasteiger partial charge < -0.3 is 5.11 Å². The molecule has 0 aromatic heterocycles. The molecule has 0 aliphatic heterocycles. The molecule has 48 valence electrons. The molecule has 0 saturated carbocycles. The van der Waals surface area contributed by atoms with Gasteiger partial charge in [-0.15, -0.1) is 0 Å². The van der Waals surface area contributed by atoms with E-state index in [9.17, 15) is 0 Å². The Bertz CT molecular complexity index is 143. The number of benzene rings is 1. The Hall–Kier alpha value is 0.333. The van der Waals surface area contributed by atoms with Crippen molar-refractivity contribution in [2.45, 2.75) is 0 Å². The van der Waals surface area contributed by atoms with Crippen LogP contribution in [0.2, 0.25) is 0 Å². The number of rotatable bonds is 0. The maximum absolute atomic E-state index is 8.63. The van der Waals surface area contributed by atoms with Crippen LogP contribution in [-0.2, 0) is 26.2 Å². The normalized spacial score (nSPS) is 6.67. The van der Waals surface area contributed by atoms with Gasteiger partial charge in [0.25, 0.3) is 0 Å². The number of aromatic hydroxyl groups is 1. The molecule has 0 aliphatic rings. The molecule has 1 aromatic rings. The van der Waals surface area contributed by atoms with Gasteiger partial charge in [-0.3, -0.25) is 0 Å². The maximum Gasteiger partial charge on any atom is 0.115 e. The van der Waals surface area contributed by atoms with Crippen LogP contribution in [0.15, 0.2) is 30.3 Å². The van der Waals surface area contributed by atoms with E-state index in [1.165, 1.54) is 0 Å². The number of hydrogen-bond donors (Lipinski definition) is 1. The molecule has 0 bridgehead atoms. The molecule has 0 aliphatic carbocycles. The van der Waals surface area contributed by atoms with Crippen molar-refractivity contribution in [3.05, 3.63) is 30.3 Å². The van der Waals surface area contributed by atoms with Gasteiger partial charge in [-0.1, -0.05) is 18.2 Å². The molecule has 9 heavy (non-hydrogen) atoms. The molecule has 1 atom stereocenters. The van der Waals surface area contributed by atoms with Crippen LogP contribution in [0.1, 0.15) is 0 Å². The Morgan fingerprint density at radius 1 is 1.00 bits per heavy atom. The van der Waals surface area contributed by atoms with Crippen molar-refractivity contribution in [2.75, 3.05) is 0 Å². The Morgan fingerprint density at radius 3 is 1.67 bits per heavy atom. The van der Waals surface area contributed by atoms with Crippen molar-refractivity contribution >= 4 is 9.90 Å². The summed E-state index contributed by atoms with van der Waals surface area (Å²) in [6.07, 6.45) is 0. The van der Waals surface area contributed by atoms with Gasteiger partial charge in [0.2, 0.25) is 0 Å². The summed E-state index contributed by atoms with van der Waals surface area (Å²) >= 11 is 0. The first-order valence-electron chi connectivity index (χ1n) is 2.13. The predicted molar refractivity (Wildman–Crippen MR) is 39.2 cm³/mol. The first kappa shape index (κ1) is 12.1. The van der Waals surface area contributed by atoms with Gasteiger partial charge in [0, 0.05) is 26.2 Å². The first-order chi connectivity index (χ1) is 3.39. The summed E-state index contributed by atoms with van der Waals surface area (Å²) in [7, 11) is 0. The standard InChI is InChI=1S/C6H6O.H3P.Zr/c7-6-4-2-1-3-5-6;;/h1-5,7H;1H3;. The molecule has 1 nitrogen and oxygen atoms in total. The molecule has 0 amide bonds. The van der Waals surface area contributed by atoms with Gasteiger partial charge in [-0.05, 0) is 12.1 Å². The van der Waals surface area contributed by atoms with Crippen molar-refractivity contribution < 1.29 is 31.3 Å². The summed E-state index contributed by atoms with van der Waals surface area (Å²) in [5, 5.41) is 8.63. The summed E-state index contributed by atoms with van der Waals surface area (Å²) in [4.78, 5) is 0. The maximum atomic E-state index is 8.63. The fourth-order valence-electron chi connectivity index (χ4n) is 0.428. The Morgan fingerprint density at radius 2 is 1.44 bits per heavy atom. The molecule has 3 heteroatoms. The van der Waals surface area contributed by atoms with Crippen molar-refractivity contribution in [3.63, 3.8) is 0 Å². The molecule has 0 spiro atoms. The van der Waals surface area contributed by atoms with E-state index < -0.39 is 0 Å². The topological polar surface area (TPSA) is 20.2 Å². The summed E-state index contributed by atoms with van der Waals surface area (Å²) < 4.78 is 0. The van der Waals surface area contributed by atoms with E-state index in [1.54, 1.807) is 24.3 Å². The van der Waals surface area contributed by atoms with E-state index in [1.807, 2.05) is 6.07 Å². The van der Waals surface area contributed by atoms with Crippen LogP contribution in [0.25, 0.3) is 0 Å². The summed E-state index contributed by atoms with van der Waals surface area (Å²) in [6, 6.07) is 8.71. The minimum absolute atomic E-state index is 0. The van der Waals surface area contributed by atoms with Crippen LogP contribution in [0, 0.1) is 0 Å². The van der Waals surface area contributed by atoms with Crippen LogP contribution in [0.3, 0.4) is 0 Å². The van der Waals surface area contributed by atoms with E-state index in [-0.39, 0.29) is 36.1 Å². The third-order valence-electron chi connectivity index (χ3n) is 0.756. The summed E-state index contributed by atoms with van der Waals surface area (Å²) in [6.45, 7) is 0. The van der Waals surface area contributed by atoms with E-state index in [0.29, 0.717) is 5.75 Å². The fraction of sp³-hybridized carbons (Fsp3) is 0. The smallest absolute Gasteiger partial charge is 0.115 e. The molecule has 0 fully saturated rings. The fourth-order valence-corrected chi connectivity index (χ4v) is 0.428. The molecule has 1 aromatic carbocycles. The SMILES string of the molecule is Oc1ccccc1.P.[Zr]. The van der Waals surface area contributed by atoms with Gasteiger partial charge in [-0.2, -0.15) is 9.90 Å². The van der Waals surface area contributed by atoms with E-state index in [4.69, 9.17) is 5.11 Å². The predicted octanol–water partition coefficient (Wildman–Crippen LogP) is 1.45. The van der Waals surface area contributed by atoms with E-state index in [0.717, 1.165) is 0 Å². The zero-order chi connectivity index (χ0) is 5.11. The molecule has 0 heterocycles.